The number of likely N-dealkylation sites (tertiary alicyclic amines) is 1. The molecule has 1 saturated heterocycles. The molecule has 1 aliphatic carbocycles. The first-order valence-corrected chi connectivity index (χ1v) is 14.3. The largest absolute Gasteiger partial charge is 0.490 e. The second-order valence-electron chi connectivity index (χ2n) is 11.8. The highest BCUT2D eigenvalue weighted by Gasteiger charge is 2.57. The third-order valence-electron chi connectivity index (χ3n) is 7.51. The number of aliphatic imine (C=N–C) groups is 1. The van der Waals surface area contributed by atoms with Crippen LogP contribution in [0.25, 0.3) is 0 Å². The maximum atomic E-state index is 13.0. The first-order valence-electron chi connectivity index (χ1n) is 14.3. The van der Waals surface area contributed by atoms with Crippen molar-refractivity contribution in [1.29, 1.82) is 0 Å². The van der Waals surface area contributed by atoms with Gasteiger partial charge in [-0.1, -0.05) is 60.7 Å². The zero-order valence-electron chi connectivity index (χ0n) is 24.6. The van der Waals surface area contributed by atoms with Crippen LogP contribution >= 0.6 is 0 Å². The SMILES string of the molecule is CC(C)(C)OC(=O)N1CC2C(C1)C2N=C(N)c1ccc(OC[C@@H](ON)C(=O)OC(c2ccccc2)c2ccccc2)cc1. The van der Waals surface area contributed by atoms with Crippen molar-refractivity contribution in [1.82, 2.24) is 4.90 Å². The number of esters is 1. The summed E-state index contributed by atoms with van der Waals surface area (Å²) in [5.74, 6) is 6.33. The number of piperidine rings is 1. The summed E-state index contributed by atoms with van der Waals surface area (Å²) in [6.07, 6.45) is -2.05. The first kappa shape index (κ1) is 30.1. The number of carbonyl (C=O) groups is 2. The number of nitrogens with zero attached hydrogens (tertiary/aromatic N) is 2. The Morgan fingerprint density at radius 2 is 1.47 bits per heavy atom. The van der Waals surface area contributed by atoms with Crippen molar-refractivity contribution in [2.24, 2.45) is 28.5 Å². The lowest BCUT2D eigenvalue weighted by Crippen LogP contribution is -2.37. The Labute approximate surface area is 251 Å². The molecule has 10 heteroatoms. The van der Waals surface area contributed by atoms with E-state index in [9.17, 15) is 9.59 Å². The van der Waals surface area contributed by atoms with E-state index < -0.39 is 23.8 Å². The molecule has 0 aromatic heterocycles. The molecule has 2 aliphatic rings. The van der Waals surface area contributed by atoms with Gasteiger partial charge in [-0.25, -0.2) is 15.5 Å². The summed E-state index contributed by atoms with van der Waals surface area (Å²) in [5.41, 5.74) is 8.18. The van der Waals surface area contributed by atoms with Crippen LogP contribution in [-0.2, 0) is 19.1 Å². The van der Waals surface area contributed by atoms with Crippen molar-refractivity contribution < 1.29 is 28.6 Å². The Hall–Kier alpha value is -4.41. The molecule has 2 unspecified atom stereocenters. The maximum absolute atomic E-state index is 13.0. The number of amidine groups is 1. The maximum Gasteiger partial charge on any atom is 0.410 e. The van der Waals surface area contributed by atoms with E-state index in [4.69, 9.17) is 35.7 Å². The predicted molar refractivity (Wildman–Crippen MR) is 161 cm³/mol. The van der Waals surface area contributed by atoms with E-state index in [0.29, 0.717) is 36.5 Å². The highest BCUT2D eigenvalue weighted by molar-refractivity contribution is 5.97. The lowest BCUT2D eigenvalue weighted by Gasteiger charge is -2.25. The second-order valence-corrected chi connectivity index (χ2v) is 11.8. The van der Waals surface area contributed by atoms with E-state index in [1.807, 2.05) is 81.4 Å². The van der Waals surface area contributed by atoms with E-state index >= 15 is 0 Å². The standard InChI is InChI=1S/C33H38N4O6/c1-33(2,3)42-32(39)37-18-25-26(19-37)28(25)36-30(34)23-14-16-24(17-15-23)40-20-27(43-35)31(38)41-29(21-10-6-4-7-11-21)22-12-8-5-9-13-22/h4-17,25-29H,18-20,35H2,1-3H3,(H2,34,36)/t25?,26?,27-,28?/m1/s1. The van der Waals surface area contributed by atoms with Crippen molar-refractivity contribution in [3.8, 4) is 5.75 Å². The summed E-state index contributed by atoms with van der Waals surface area (Å²) in [5, 5.41) is 0. The van der Waals surface area contributed by atoms with E-state index in [1.165, 1.54) is 0 Å². The molecule has 226 valence electrons. The topological polar surface area (TPSA) is 139 Å². The fraction of sp³-hybridized carbons (Fsp3) is 0.364. The number of rotatable bonds is 10. The van der Waals surface area contributed by atoms with Gasteiger partial charge in [-0.2, -0.15) is 0 Å². The van der Waals surface area contributed by atoms with Gasteiger partial charge in [-0.15, -0.1) is 0 Å². The summed E-state index contributed by atoms with van der Waals surface area (Å²) in [6.45, 7) is 6.68. The Morgan fingerprint density at radius 1 is 0.907 bits per heavy atom. The van der Waals surface area contributed by atoms with Gasteiger partial charge in [-0.05, 0) is 56.2 Å². The number of ether oxygens (including phenoxy) is 3. The molecular weight excluding hydrogens is 548 g/mol. The van der Waals surface area contributed by atoms with Crippen LogP contribution in [0.1, 0.15) is 43.6 Å². The van der Waals surface area contributed by atoms with Crippen LogP contribution in [0, 0.1) is 11.8 Å². The van der Waals surface area contributed by atoms with Gasteiger partial charge in [0.05, 0.1) is 6.04 Å². The molecule has 1 heterocycles. The van der Waals surface area contributed by atoms with Gasteiger partial charge < -0.3 is 24.8 Å². The average molecular weight is 587 g/mol. The van der Waals surface area contributed by atoms with E-state index in [-0.39, 0.29) is 18.7 Å². The Bertz CT molecular complexity index is 1370. The molecule has 4 N–H and O–H groups in total. The summed E-state index contributed by atoms with van der Waals surface area (Å²) in [6, 6.07) is 26.1. The zero-order chi connectivity index (χ0) is 30.6. The lowest BCUT2D eigenvalue weighted by molar-refractivity contribution is -0.163. The van der Waals surface area contributed by atoms with Crippen LogP contribution in [-0.4, -0.2) is 60.2 Å². The van der Waals surface area contributed by atoms with Gasteiger partial charge >= 0.3 is 12.1 Å². The molecular formula is C33H38N4O6. The Balaban J connectivity index is 1.13. The van der Waals surface area contributed by atoms with Crippen molar-refractivity contribution in [2.75, 3.05) is 19.7 Å². The summed E-state index contributed by atoms with van der Waals surface area (Å²) < 4.78 is 17.1. The number of nitrogens with two attached hydrogens (primary N) is 2. The minimum atomic E-state index is -1.14. The van der Waals surface area contributed by atoms with Crippen LogP contribution in [0.4, 0.5) is 4.79 Å². The highest BCUT2D eigenvalue weighted by atomic mass is 16.7. The molecule has 1 saturated carbocycles. The van der Waals surface area contributed by atoms with Gasteiger partial charge in [0.1, 0.15) is 23.8 Å². The van der Waals surface area contributed by atoms with Crippen LogP contribution in [0.3, 0.4) is 0 Å². The van der Waals surface area contributed by atoms with Crippen molar-refractivity contribution in [2.45, 2.75) is 44.6 Å². The summed E-state index contributed by atoms with van der Waals surface area (Å²) >= 11 is 0. The van der Waals surface area contributed by atoms with Gasteiger partial charge in [0.2, 0.25) is 6.10 Å². The van der Waals surface area contributed by atoms with Crippen molar-refractivity contribution in [3.63, 3.8) is 0 Å². The van der Waals surface area contributed by atoms with E-state index in [2.05, 4.69) is 0 Å². The fourth-order valence-corrected chi connectivity index (χ4v) is 5.23. The normalized spacial score (nSPS) is 20.3. The third-order valence-corrected chi connectivity index (χ3v) is 7.51. The molecule has 2 fully saturated rings. The Morgan fingerprint density at radius 3 is 1.98 bits per heavy atom. The second kappa shape index (κ2) is 12.8. The molecule has 43 heavy (non-hydrogen) atoms. The molecule has 0 spiro atoms. The summed E-state index contributed by atoms with van der Waals surface area (Å²) in [4.78, 5) is 36.7. The molecule has 1 aliphatic heterocycles. The molecule has 0 radical (unpaired) electrons. The van der Waals surface area contributed by atoms with Gasteiger partial charge in [-0.3, -0.25) is 9.83 Å². The molecule has 10 nitrogen and oxygen atoms in total. The smallest absolute Gasteiger partial charge is 0.410 e. The van der Waals surface area contributed by atoms with Crippen LogP contribution in [0.5, 0.6) is 5.75 Å². The quantitative estimate of drug-likeness (QED) is 0.156. The number of amides is 1. The van der Waals surface area contributed by atoms with Gasteiger partial charge in [0.25, 0.3) is 0 Å². The predicted octanol–water partition coefficient (Wildman–Crippen LogP) is 4.23. The molecule has 3 atom stereocenters. The number of benzene rings is 3. The number of fused-ring (bicyclic) bond motifs is 1. The molecule has 3 aromatic rings. The lowest BCUT2D eigenvalue weighted by atomic mass is 10.0. The molecule has 3 aromatic carbocycles. The first-order chi connectivity index (χ1) is 20.6. The zero-order valence-corrected chi connectivity index (χ0v) is 24.6. The fourth-order valence-electron chi connectivity index (χ4n) is 5.23. The molecule has 1 amide bonds. The third kappa shape index (κ3) is 7.52. The number of hydrogen-bond donors (Lipinski definition) is 2. The van der Waals surface area contributed by atoms with Crippen molar-refractivity contribution in [3.05, 3.63) is 102 Å². The molecule has 5 rings (SSSR count). The molecule has 0 bridgehead atoms. The Kier molecular flexibility index (Phi) is 8.98. The monoisotopic (exact) mass is 586 g/mol. The van der Waals surface area contributed by atoms with E-state index in [0.717, 1.165) is 16.7 Å². The number of carbonyl (C=O) groups excluding carboxylic acids is 2. The highest BCUT2D eigenvalue weighted by Crippen LogP contribution is 2.48. The summed E-state index contributed by atoms with van der Waals surface area (Å²) in [7, 11) is 0. The van der Waals surface area contributed by atoms with Gasteiger partial charge in [0.15, 0.2) is 6.10 Å². The van der Waals surface area contributed by atoms with Crippen LogP contribution in [0.2, 0.25) is 0 Å². The van der Waals surface area contributed by atoms with Crippen LogP contribution < -0.4 is 16.4 Å². The number of hydrogen-bond acceptors (Lipinski definition) is 8. The minimum absolute atomic E-state index is 0.0960. The van der Waals surface area contributed by atoms with Crippen LogP contribution in [0.15, 0.2) is 89.9 Å². The average Bonchev–Trinajstić information content (AvgIpc) is 3.41. The van der Waals surface area contributed by atoms with Crippen molar-refractivity contribution >= 4 is 17.9 Å². The van der Waals surface area contributed by atoms with E-state index in [1.54, 1.807) is 29.2 Å². The minimum Gasteiger partial charge on any atom is -0.490 e. The van der Waals surface area contributed by atoms with Gasteiger partial charge in [0, 0.05) is 30.5 Å².